The number of carbonyl (C=O) groups is 5. The summed E-state index contributed by atoms with van der Waals surface area (Å²) in [4.78, 5) is 60.5. The molecule has 0 bridgehead atoms. The van der Waals surface area contributed by atoms with Crippen molar-refractivity contribution in [3.05, 3.63) is 35.9 Å². The minimum absolute atomic E-state index is 0.110. The van der Waals surface area contributed by atoms with E-state index < -0.39 is 47.7 Å². The lowest BCUT2D eigenvalue weighted by atomic mass is 10.0. The number of amides is 1. The average molecular weight is 432 g/mol. The van der Waals surface area contributed by atoms with Crippen LogP contribution in [0.1, 0.15) is 32.3 Å². The summed E-state index contributed by atoms with van der Waals surface area (Å²) in [6.45, 7) is 3.26. The van der Waals surface area contributed by atoms with E-state index >= 15 is 0 Å². The highest BCUT2D eigenvalue weighted by Crippen LogP contribution is 2.25. The minimum Gasteiger partial charge on any atom is -0.480 e. The Hall–Kier alpha value is -3.07. The van der Waals surface area contributed by atoms with Crippen molar-refractivity contribution in [2.45, 2.75) is 51.2 Å². The number of esters is 1. The molecular weight excluding hydrogens is 404 g/mol. The Morgan fingerprint density at radius 2 is 1.94 bits per heavy atom. The lowest BCUT2D eigenvalue weighted by molar-refractivity contribution is -0.150. The maximum Gasteiger partial charge on any atom is 0.326 e. The van der Waals surface area contributed by atoms with E-state index in [2.05, 4.69) is 5.32 Å². The summed E-state index contributed by atoms with van der Waals surface area (Å²) in [6.07, 6.45) is 1.00. The molecule has 4 atom stereocenters. The first-order valence-corrected chi connectivity index (χ1v) is 10.3. The molecule has 1 heterocycles. The minimum atomic E-state index is -1.24. The molecule has 9 nitrogen and oxygen atoms in total. The summed E-state index contributed by atoms with van der Waals surface area (Å²) in [5.41, 5.74) is 1.03. The summed E-state index contributed by atoms with van der Waals surface area (Å²) in [6, 6.07) is 6.69. The van der Waals surface area contributed by atoms with E-state index in [1.54, 1.807) is 6.92 Å². The highest BCUT2D eigenvalue weighted by atomic mass is 16.5. The molecule has 0 aromatic heterocycles. The summed E-state index contributed by atoms with van der Waals surface area (Å²) >= 11 is 0. The van der Waals surface area contributed by atoms with E-state index in [4.69, 9.17) is 4.74 Å². The number of hydrogen-bond donors (Lipinski definition) is 2. The molecule has 2 N–H and O–H groups in total. The molecule has 0 aliphatic carbocycles. The van der Waals surface area contributed by atoms with E-state index in [-0.39, 0.29) is 25.9 Å². The van der Waals surface area contributed by atoms with Crippen molar-refractivity contribution >= 4 is 29.9 Å². The van der Waals surface area contributed by atoms with Gasteiger partial charge in [0.2, 0.25) is 5.91 Å². The predicted molar refractivity (Wildman–Crippen MR) is 110 cm³/mol. The van der Waals surface area contributed by atoms with Gasteiger partial charge in [0.1, 0.15) is 12.1 Å². The Morgan fingerprint density at radius 3 is 2.52 bits per heavy atom. The second-order valence-corrected chi connectivity index (χ2v) is 7.51. The molecule has 2 unspecified atom stereocenters. The van der Waals surface area contributed by atoms with Gasteiger partial charge >= 0.3 is 11.9 Å². The first-order valence-electron chi connectivity index (χ1n) is 10.3. The fourth-order valence-corrected chi connectivity index (χ4v) is 3.71. The van der Waals surface area contributed by atoms with Crippen LogP contribution in [-0.4, -0.2) is 71.2 Å². The van der Waals surface area contributed by atoms with Crippen LogP contribution in [-0.2, 0) is 35.1 Å². The third-order valence-electron chi connectivity index (χ3n) is 5.34. The quantitative estimate of drug-likeness (QED) is 0.295. The van der Waals surface area contributed by atoms with Gasteiger partial charge in [-0.1, -0.05) is 30.3 Å². The summed E-state index contributed by atoms with van der Waals surface area (Å²) in [5, 5.41) is 12.4. The van der Waals surface area contributed by atoms with Crippen LogP contribution in [0.15, 0.2) is 30.3 Å². The van der Waals surface area contributed by atoms with Crippen LogP contribution in [0.25, 0.3) is 0 Å². The Kier molecular flexibility index (Phi) is 8.87. The fraction of sp³-hybridized carbons (Fsp3) is 0.500. The number of aliphatic carboxylic acids is 1. The normalized spacial score (nSPS) is 20.0. The SMILES string of the molecule is CCOC(=O)C(CCc1ccccc1)N[C@@H](C)C(=O)N1CC(C(=O)C=O)C[C@H]1C(=O)O. The maximum absolute atomic E-state index is 13.0. The van der Waals surface area contributed by atoms with Crippen molar-refractivity contribution in [1.29, 1.82) is 0 Å². The zero-order valence-electron chi connectivity index (χ0n) is 17.7. The standard InChI is InChI=1S/C22H28N2O7/c1-3-31-22(30)17(10-9-15-7-5-4-6-8-15)23-14(2)20(27)24-12-16(19(26)13-25)11-18(24)21(28)29/h4-8,13-14,16-18,23H,3,9-12H2,1-2H3,(H,28,29)/t14-,16?,17?,18-/m0/s1. The van der Waals surface area contributed by atoms with Crippen LogP contribution < -0.4 is 5.32 Å². The smallest absolute Gasteiger partial charge is 0.326 e. The topological polar surface area (TPSA) is 130 Å². The molecule has 1 fully saturated rings. The largest absolute Gasteiger partial charge is 0.480 e. The Labute approximate surface area is 180 Å². The number of ether oxygens (including phenoxy) is 1. The van der Waals surface area contributed by atoms with Crippen molar-refractivity contribution in [2.75, 3.05) is 13.2 Å². The highest BCUT2D eigenvalue weighted by Gasteiger charge is 2.43. The van der Waals surface area contributed by atoms with Gasteiger partial charge in [0.05, 0.1) is 12.6 Å². The third kappa shape index (κ3) is 6.45. The van der Waals surface area contributed by atoms with Gasteiger partial charge in [0.25, 0.3) is 0 Å². The number of aldehydes is 1. The Balaban J connectivity index is 2.09. The first kappa shape index (κ1) is 24.2. The van der Waals surface area contributed by atoms with Crippen LogP contribution in [0, 0.1) is 5.92 Å². The fourth-order valence-electron chi connectivity index (χ4n) is 3.71. The van der Waals surface area contributed by atoms with Gasteiger partial charge in [0.15, 0.2) is 12.1 Å². The number of benzene rings is 1. The number of aryl methyl sites for hydroxylation is 1. The molecule has 0 saturated carbocycles. The molecule has 1 aromatic rings. The van der Waals surface area contributed by atoms with Crippen LogP contribution >= 0.6 is 0 Å². The van der Waals surface area contributed by atoms with Gasteiger partial charge in [0, 0.05) is 12.5 Å². The second-order valence-electron chi connectivity index (χ2n) is 7.51. The number of nitrogens with one attached hydrogen (secondary N) is 1. The van der Waals surface area contributed by atoms with Crippen molar-refractivity contribution in [2.24, 2.45) is 5.92 Å². The highest BCUT2D eigenvalue weighted by molar-refractivity contribution is 6.26. The number of carboxylic acid groups (broad SMARTS) is 1. The average Bonchev–Trinajstić information content (AvgIpc) is 3.22. The molecule has 0 spiro atoms. The summed E-state index contributed by atoms with van der Waals surface area (Å²) in [7, 11) is 0. The number of carbonyl (C=O) groups excluding carboxylic acids is 4. The monoisotopic (exact) mass is 432 g/mol. The van der Waals surface area contributed by atoms with E-state index in [0.29, 0.717) is 12.8 Å². The van der Waals surface area contributed by atoms with Crippen LogP contribution in [0.2, 0.25) is 0 Å². The number of likely N-dealkylation sites (tertiary alicyclic amines) is 1. The van der Waals surface area contributed by atoms with Gasteiger partial charge in [-0.2, -0.15) is 0 Å². The van der Waals surface area contributed by atoms with Crippen LogP contribution in [0.5, 0.6) is 0 Å². The zero-order chi connectivity index (χ0) is 23.0. The molecule has 1 aromatic carbocycles. The lowest BCUT2D eigenvalue weighted by Gasteiger charge is -2.27. The van der Waals surface area contributed by atoms with Gasteiger partial charge in [-0.15, -0.1) is 0 Å². The summed E-state index contributed by atoms with van der Waals surface area (Å²) < 4.78 is 5.12. The molecule has 1 aliphatic heterocycles. The van der Waals surface area contributed by atoms with E-state index in [1.807, 2.05) is 30.3 Å². The van der Waals surface area contributed by atoms with Crippen molar-refractivity contribution in [1.82, 2.24) is 10.2 Å². The van der Waals surface area contributed by atoms with Gasteiger partial charge in [-0.05, 0) is 38.7 Å². The van der Waals surface area contributed by atoms with E-state index in [0.717, 1.165) is 10.5 Å². The predicted octanol–water partition coefficient (Wildman–Crippen LogP) is 0.599. The molecule has 1 saturated heterocycles. The number of rotatable bonds is 11. The van der Waals surface area contributed by atoms with Crippen molar-refractivity contribution in [3.8, 4) is 0 Å². The second kappa shape index (κ2) is 11.4. The Bertz CT molecular complexity index is 811. The number of Topliss-reactive ketones (excluding diaryl/α,β-unsaturated/α-hetero) is 1. The number of hydrogen-bond acceptors (Lipinski definition) is 7. The van der Waals surface area contributed by atoms with Crippen molar-refractivity contribution < 1.29 is 33.8 Å². The van der Waals surface area contributed by atoms with Gasteiger partial charge in [-0.3, -0.25) is 24.5 Å². The number of carboxylic acids is 1. The van der Waals surface area contributed by atoms with E-state index in [9.17, 15) is 29.1 Å². The molecule has 1 aliphatic rings. The zero-order valence-corrected chi connectivity index (χ0v) is 17.7. The molecule has 0 radical (unpaired) electrons. The number of nitrogens with zero attached hydrogens (tertiary/aromatic N) is 1. The molecular formula is C22H28N2O7. The van der Waals surface area contributed by atoms with E-state index in [1.165, 1.54) is 6.92 Å². The number of ketones is 1. The lowest BCUT2D eigenvalue weighted by Crippen LogP contribution is -2.53. The molecule has 1 amide bonds. The molecule has 2 rings (SSSR count). The maximum atomic E-state index is 13.0. The molecule has 31 heavy (non-hydrogen) atoms. The van der Waals surface area contributed by atoms with Crippen LogP contribution in [0.3, 0.4) is 0 Å². The van der Waals surface area contributed by atoms with Crippen LogP contribution in [0.4, 0.5) is 0 Å². The Morgan fingerprint density at radius 1 is 1.26 bits per heavy atom. The molecule has 9 heteroatoms. The first-order chi connectivity index (χ1) is 14.8. The molecule has 168 valence electrons. The van der Waals surface area contributed by atoms with Crippen molar-refractivity contribution in [3.63, 3.8) is 0 Å². The van der Waals surface area contributed by atoms with Gasteiger partial charge < -0.3 is 14.7 Å². The van der Waals surface area contributed by atoms with Gasteiger partial charge in [-0.25, -0.2) is 4.79 Å². The third-order valence-corrected chi connectivity index (χ3v) is 5.34. The summed E-state index contributed by atoms with van der Waals surface area (Å²) in [5.74, 6) is -3.86.